The molecule has 108 valence electrons. The van der Waals surface area contributed by atoms with E-state index in [-0.39, 0.29) is 5.11 Å². The van der Waals surface area contributed by atoms with Gasteiger partial charge in [0.1, 0.15) is 5.75 Å². The number of hydrogen-bond acceptors (Lipinski definition) is 5. The molecule has 0 aliphatic rings. The van der Waals surface area contributed by atoms with Crippen LogP contribution < -0.4 is 20.9 Å². The van der Waals surface area contributed by atoms with E-state index in [2.05, 4.69) is 20.9 Å². The van der Waals surface area contributed by atoms with Crippen LogP contribution in [0.2, 0.25) is 0 Å². The lowest BCUT2D eigenvalue weighted by Gasteiger charge is -2.10. The molecule has 0 heterocycles. The largest absolute Gasteiger partial charge is 0.494 e. The number of ether oxygens (including phenoxy) is 2. The number of rotatable bonds is 3. The molecule has 8 heteroatoms. The van der Waals surface area contributed by atoms with Crippen molar-refractivity contribution < 1.29 is 19.1 Å². The average molecular weight is 297 g/mol. The zero-order valence-electron chi connectivity index (χ0n) is 11.1. The third-order valence-electron chi connectivity index (χ3n) is 2.12. The van der Waals surface area contributed by atoms with Crippen molar-refractivity contribution >= 4 is 29.3 Å². The molecule has 0 saturated heterocycles. The molecule has 1 aromatic rings. The average Bonchev–Trinajstić information content (AvgIpc) is 2.45. The van der Waals surface area contributed by atoms with E-state index in [1.165, 1.54) is 7.11 Å². The van der Waals surface area contributed by atoms with E-state index >= 15 is 0 Å². The molecule has 2 amide bonds. The minimum absolute atomic E-state index is 0.0470. The van der Waals surface area contributed by atoms with Crippen LogP contribution in [-0.4, -0.2) is 30.8 Å². The Morgan fingerprint density at radius 1 is 1.20 bits per heavy atom. The van der Waals surface area contributed by atoms with Gasteiger partial charge in [-0.15, -0.1) is 0 Å². The van der Waals surface area contributed by atoms with Gasteiger partial charge in [-0.25, -0.2) is 10.2 Å². The molecule has 0 fully saturated rings. The van der Waals surface area contributed by atoms with Gasteiger partial charge in [0.2, 0.25) is 0 Å². The fourth-order valence-corrected chi connectivity index (χ4v) is 1.38. The number of amides is 2. The minimum Gasteiger partial charge on any atom is -0.494 e. The van der Waals surface area contributed by atoms with E-state index in [0.29, 0.717) is 17.9 Å². The van der Waals surface area contributed by atoms with E-state index in [1.54, 1.807) is 24.3 Å². The lowest BCUT2D eigenvalue weighted by molar-refractivity contribution is 0.0975. The van der Waals surface area contributed by atoms with E-state index < -0.39 is 12.0 Å². The van der Waals surface area contributed by atoms with Gasteiger partial charge in [-0.1, -0.05) is 0 Å². The molecule has 0 aliphatic heterocycles. The first-order valence-electron chi connectivity index (χ1n) is 5.75. The van der Waals surface area contributed by atoms with Crippen molar-refractivity contribution in [3.05, 3.63) is 29.8 Å². The molecule has 0 saturated carbocycles. The van der Waals surface area contributed by atoms with Crippen molar-refractivity contribution in [1.29, 1.82) is 0 Å². The summed E-state index contributed by atoms with van der Waals surface area (Å²) in [5.41, 5.74) is 4.86. The number of carbonyl (C=O) groups excluding carboxylic acids is 2. The molecule has 1 rings (SSSR count). The maximum Gasteiger partial charge on any atom is 0.425 e. The van der Waals surface area contributed by atoms with Crippen LogP contribution in [0.25, 0.3) is 0 Å². The predicted octanol–water partition coefficient (Wildman–Crippen LogP) is 0.961. The van der Waals surface area contributed by atoms with Gasteiger partial charge in [-0.2, -0.15) is 0 Å². The first kappa shape index (κ1) is 15.7. The Labute approximate surface area is 121 Å². The number of methoxy groups -OCH3 is 1. The molecular weight excluding hydrogens is 282 g/mol. The first-order valence-corrected chi connectivity index (χ1v) is 6.15. The van der Waals surface area contributed by atoms with E-state index in [1.807, 2.05) is 6.92 Å². The van der Waals surface area contributed by atoms with Gasteiger partial charge in [0.25, 0.3) is 5.91 Å². The van der Waals surface area contributed by atoms with Crippen molar-refractivity contribution in [3.63, 3.8) is 0 Å². The van der Waals surface area contributed by atoms with Crippen LogP contribution in [0.15, 0.2) is 24.3 Å². The summed E-state index contributed by atoms with van der Waals surface area (Å²) in [5, 5.41) is 2.35. The SMILES string of the molecule is CCOc1ccc(C(=O)NC(=S)NNC(=O)OC)cc1. The van der Waals surface area contributed by atoms with Crippen LogP contribution in [0.5, 0.6) is 5.75 Å². The maximum atomic E-state index is 11.8. The Bertz CT molecular complexity index is 490. The molecule has 7 nitrogen and oxygen atoms in total. The zero-order chi connectivity index (χ0) is 15.0. The lowest BCUT2D eigenvalue weighted by atomic mass is 10.2. The second kappa shape index (κ2) is 7.95. The Morgan fingerprint density at radius 2 is 1.85 bits per heavy atom. The summed E-state index contributed by atoms with van der Waals surface area (Å²) in [5.74, 6) is 0.273. The number of hydrogen-bond donors (Lipinski definition) is 3. The van der Waals surface area contributed by atoms with E-state index in [9.17, 15) is 9.59 Å². The van der Waals surface area contributed by atoms with Gasteiger partial charge in [0, 0.05) is 5.56 Å². The van der Waals surface area contributed by atoms with Gasteiger partial charge in [0.15, 0.2) is 5.11 Å². The molecule has 0 spiro atoms. The number of thiocarbonyl (C=S) groups is 1. The van der Waals surface area contributed by atoms with Crippen molar-refractivity contribution in [2.45, 2.75) is 6.92 Å². The summed E-state index contributed by atoms with van der Waals surface area (Å²) >= 11 is 4.83. The number of nitrogens with one attached hydrogen (secondary N) is 3. The summed E-state index contributed by atoms with van der Waals surface area (Å²) in [6.45, 7) is 2.43. The summed E-state index contributed by atoms with van der Waals surface area (Å²) in [4.78, 5) is 22.6. The van der Waals surface area contributed by atoms with Crippen LogP contribution in [0.1, 0.15) is 17.3 Å². The highest BCUT2D eigenvalue weighted by Gasteiger charge is 2.08. The van der Waals surface area contributed by atoms with E-state index in [0.717, 1.165) is 0 Å². The fraction of sp³-hybridized carbons (Fsp3) is 0.250. The van der Waals surface area contributed by atoms with Crippen LogP contribution in [0.3, 0.4) is 0 Å². The van der Waals surface area contributed by atoms with Gasteiger partial charge in [-0.3, -0.25) is 15.5 Å². The highest BCUT2D eigenvalue weighted by atomic mass is 32.1. The monoisotopic (exact) mass is 297 g/mol. The molecule has 1 aromatic carbocycles. The molecular formula is C12H15N3O4S. The number of hydrazine groups is 1. The summed E-state index contributed by atoms with van der Waals surface area (Å²) in [6.07, 6.45) is -0.720. The molecule has 0 aromatic heterocycles. The molecule has 0 unspecified atom stereocenters. The normalized spacial score (nSPS) is 9.30. The Hall–Kier alpha value is -2.35. The van der Waals surface area contributed by atoms with Gasteiger partial charge < -0.3 is 9.47 Å². The number of benzene rings is 1. The Kier molecular flexibility index (Phi) is 6.24. The van der Waals surface area contributed by atoms with Crippen molar-refractivity contribution in [2.75, 3.05) is 13.7 Å². The third kappa shape index (κ3) is 5.11. The fourth-order valence-electron chi connectivity index (χ4n) is 1.23. The molecule has 3 N–H and O–H groups in total. The zero-order valence-corrected chi connectivity index (χ0v) is 11.9. The second-order valence-electron chi connectivity index (χ2n) is 3.48. The Morgan fingerprint density at radius 3 is 2.40 bits per heavy atom. The highest BCUT2D eigenvalue weighted by Crippen LogP contribution is 2.11. The van der Waals surface area contributed by atoms with Crippen LogP contribution in [0.4, 0.5) is 4.79 Å². The third-order valence-corrected chi connectivity index (χ3v) is 2.32. The quantitative estimate of drug-likeness (QED) is 0.569. The van der Waals surface area contributed by atoms with Crippen LogP contribution >= 0.6 is 12.2 Å². The summed E-state index contributed by atoms with van der Waals surface area (Å²) in [6, 6.07) is 6.58. The minimum atomic E-state index is -0.720. The standard InChI is InChI=1S/C12H15N3O4S/c1-3-19-9-6-4-8(5-7-9)10(16)13-11(20)14-15-12(17)18-2/h4-7H,3H2,1-2H3,(H,15,17)(H2,13,14,16,20). The molecule has 0 radical (unpaired) electrons. The Balaban J connectivity index is 2.49. The van der Waals surface area contributed by atoms with Gasteiger partial charge in [-0.05, 0) is 43.4 Å². The van der Waals surface area contributed by atoms with Crippen molar-refractivity contribution in [2.24, 2.45) is 0 Å². The highest BCUT2D eigenvalue weighted by molar-refractivity contribution is 7.80. The molecule has 0 aliphatic carbocycles. The van der Waals surface area contributed by atoms with Gasteiger partial charge >= 0.3 is 6.09 Å². The second-order valence-corrected chi connectivity index (χ2v) is 3.89. The topological polar surface area (TPSA) is 88.7 Å². The van der Waals surface area contributed by atoms with Gasteiger partial charge in [0.05, 0.1) is 13.7 Å². The van der Waals surface area contributed by atoms with Crippen LogP contribution in [-0.2, 0) is 4.74 Å². The number of carbonyl (C=O) groups is 2. The summed E-state index contributed by atoms with van der Waals surface area (Å²) < 4.78 is 9.60. The molecule has 0 bridgehead atoms. The maximum absolute atomic E-state index is 11.8. The first-order chi connectivity index (χ1) is 9.56. The van der Waals surface area contributed by atoms with Crippen molar-refractivity contribution in [3.8, 4) is 5.75 Å². The summed E-state index contributed by atoms with van der Waals surface area (Å²) in [7, 11) is 1.21. The predicted molar refractivity (Wildman–Crippen MR) is 76.4 cm³/mol. The molecule has 20 heavy (non-hydrogen) atoms. The molecule has 0 atom stereocenters. The lowest BCUT2D eigenvalue weighted by Crippen LogP contribution is -2.48. The van der Waals surface area contributed by atoms with Crippen LogP contribution in [0, 0.1) is 0 Å². The van der Waals surface area contributed by atoms with Crippen molar-refractivity contribution in [1.82, 2.24) is 16.2 Å². The smallest absolute Gasteiger partial charge is 0.425 e. The van der Waals surface area contributed by atoms with E-state index in [4.69, 9.17) is 17.0 Å².